The summed E-state index contributed by atoms with van der Waals surface area (Å²) in [5.74, 6) is -0.521. The molecule has 3 atom stereocenters. The zero-order chi connectivity index (χ0) is 59.3. The molecule has 0 spiro atoms. The molecule has 0 heterocycles. The van der Waals surface area contributed by atoms with Gasteiger partial charge in [0.15, 0.2) is 0 Å². The van der Waals surface area contributed by atoms with E-state index in [2.05, 4.69) is 50.4 Å². The molecule has 478 valence electrons. The maximum Gasteiger partial charge on any atom is 0.306 e. The van der Waals surface area contributed by atoms with Crippen LogP contribution in [-0.4, -0.2) is 69.4 Å². The van der Waals surface area contributed by atoms with E-state index in [0.29, 0.717) is 17.4 Å². The van der Waals surface area contributed by atoms with Gasteiger partial charge in [0.2, 0.25) is 5.91 Å². The van der Waals surface area contributed by atoms with E-state index in [1.165, 1.54) is 257 Å². The maximum absolute atomic E-state index is 13.6. The molecule has 0 aromatic heterocycles. The first-order chi connectivity index (χ1) is 39.4. The van der Waals surface area contributed by atoms with Gasteiger partial charge in [-0.3, -0.25) is 14.2 Å². The Kier molecular flexibility index (Phi) is 60.0. The van der Waals surface area contributed by atoms with E-state index in [1.54, 1.807) is 0 Å². The van der Waals surface area contributed by atoms with Crippen LogP contribution >= 0.6 is 7.82 Å². The van der Waals surface area contributed by atoms with E-state index in [9.17, 15) is 19.0 Å². The van der Waals surface area contributed by atoms with E-state index in [1.807, 2.05) is 33.3 Å². The van der Waals surface area contributed by atoms with Crippen molar-refractivity contribution in [1.82, 2.24) is 5.32 Å². The van der Waals surface area contributed by atoms with Gasteiger partial charge in [-0.15, -0.1) is 0 Å². The fraction of sp³-hybridized carbons (Fsp3) is 0.887. The lowest BCUT2D eigenvalue weighted by atomic mass is 10.0. The molecule has 0 rings (SSSR count). The number of unbranched alkanes of at least 4 members (excludes halogenated alkanes) is 45. The van der Waals surface area contributed by atoms with Crippen LogP contribution in [-0.2, 0) is 27.9 Å². The summed E-state index contributed by atoms with van der Waals surface area (Å²) in [5, 5.41) is 3.05. The minimum atomic E-state index is -4.70. The molecule has 1 N–H and O–H groups in total. The van der Waals surface area contributed by atoms with Crippen molar-refractivity contribution >= 4 is 19.7 Å². The van der Waals surface area contributed by atoms with Crippen LogP contribution in [0.3, 0.4) is 0 Å². The molecule has 9 nitrogen and oxygen atoms in total. The van der Waals surface area contributed by atoms with Gasteiger partial charge >= 0.3 is 5.97 Å². The molecule has 0 bridgehead atoms. The van der Waals surface area contributed by atoms with Crippen LogP contribution in [0.15, 0.2) is 36.5 Å². The number of nitrogens with one attached hydrogen (secondary N) is 1. The van der Waals surface area contributed by atoms with Crippen molar-refractivity contribution < 1.29 is 37.3 Å². The minimum Gasteiger partial charge on any atom is -0.756 e. The third-order valence-electron chi connectivity index (χ3n) is 16.1. The average Bonchev–Trinajstić information content (AvgIpc) is 3.44. The quantitative estimate of drug-likeness (QED) is 0.0212. The number of phosphoric ester groups is 1. The Balaban J connectivity index is 4.99. The van der Waals surface area contributed by atoms with Gasteiger partial charge in [-0.05, 0) is 63.9 Å². The predicted octanol–water partition coefficient (Wildman–Crippen LogP) is 21.6. The molecule has 1 amide bonds. The third kappa shape index (κ3) is 62.6. The Morgan fingerprint density at radius 3 is 1.14 bits per heavy atom. The second-order valence-corrected chi connectivity index (χ2v) is 26.8. The van der Waals surface area contributed by atoms with Gasteiger partial charge in [0.1, 0.15) is 19.3 Å². The molecule has 0 aliphatic rings. The Morgan fingerprint density at radius 2 is 0.753 bits per heavy atom. The van der Waals surface area contributed by atoms with Gasteiger partial charge in [-0.2, -0.15) is 0 Å². The maximum atomic E-state index is 13.6. The molecule has 0 aliphatic carbocycles. The second-order valence-electron chi connectivity index (χ2n) is 25.4. The van der Waals surface area contributed by atoms with Gasteiger partial charge in [0, 0.05) is 12.8 Å². The predicted molar refractivity (Wildman–Crippen MR) is 349 cm³/mol. The standard InChI is InChI=1S/C71H137N2O7P/c1-7-10-13-16-19-22-25-27-29-31-33-34-35-36-37-38-40-41-43-45-48-51-54-57-60-63-70(74)72-68(67-79-81(76,77)78-66-65-73(4,5)6)69(62-59-56-53-50-47-24-21-18-15-12-9-3)80-71(75)64-61-58-55-52-49-46-44-42-39-32-30-28-26-23-20-17-14-11-8-2/h19,22,27,29,59,62,68-69H,7-18,20-21,23-26,28,30-58,60-61,63-67H2,1-6H3,(H-,72,74,76,77)/b22-19-,29-27-,62-59-. The summed E-state index contributed by atoms with van der Waals surface area (Å²) < 4.78 is 30.4. The largest absolute Gasteiger partial charge is 0.756 e. The number of rotatable bonds is 65. The highest BCUT2D eigenvalue weighted by Gasteiger charge is 2.27. The Hall–Kier alpha value is -1.77. The van der Waals surface area contributed by atoms with E-state index in [-0.39, 0.29) is 31.5 Å². The first kappa shape index (κ1) is 79.2. The summed E-state index contributed by atoms with van der Waals surface area (Å²) in [5.41, 5.74) is 0. The van der Waals surface area contributed by atoms with Gasteiger partial charge in [-0.25, -0.2) is 0 Å². The Morgan fingerprint density at radius 1 is 0.432 bits per heavy atom. The third-order valence-corrected chi connectivity index (χ3v) is 17.0. The number of hydrogen-bond donors (Lipinski definition) is 1. The molecule has 3 unspecified atom stereocenters. The first-order valence-electron chi connectivity index (χ1n) is 35.3. The van der Waals surface area contributed by atoms with Gasteiger partial charge in [0.25, 0.3) is 7.82 Å². The van der Waals surface area contributed by atoms with E-state index in [0.717, 1.165) is 64.2 Å². The summed E-state index contributed by atoms with van der Waals surface area (Å²) in [6.45, 7) is 6.87. The van der Waals surface area contributed by atoms with Crippen molar-refractivity contribution in [1.29, 1.82) is 0 Å². The van der Waals surface area contributed by atoms with Crippen molar-refractivity contribution in [2.45, 2.75) is 367 Å². The molecular formula is C71H137N2O7P. The summed E-state index contributed by atoms with van der Waals surface area (Å²) >= 11 is 0. The van der Waals surface area contributed by atoms with Crippen LogP contribution in [0.25, 0.3) is 0 Å². The van der Waals surface area contributed by atoms with Crippen LogP contribution in [0.4, 0.5) is 0 Å². The van der Waals surface area contributed by atoms with Crippen molar-refractivity contribution in [3.63, 3.8) is 0 Å². The van der Waals surface area contributed by atoms with Crippen molar-refractivity contribution in [3.05, 3.63) is 36.5 Å². The minimum absolute atomic E-state index is 0.0191. The van der Waals surface area contributed by atoms with Crippen molar-refractivity contribution in [2.75, 3.05) is 40.9 Å². The number of allylic oxidation sites excluding steroid dienone is 5. The van der Waals surface area contributed by atoms with Gasteiger partial charge in [0.05, 0.1) is 33.8 Å². The lowest BCUT2D eigenvalue weighted by Crippen LogP contribution is -2.47. The van der Waals surface area contributed by atoms with E-state index >= 15 is 0 Å². The molecule has 0 aliphatic heterocycles. The molecule has 0 saturated carbocycles. The first-order valence-corrected chi connectivity index (χ1v) is 36.8. The SMILES string of the molecule is CCCCC/C=C\C/C=C\CCCCCCCCCCCCCCCCCC(=O)NC(COP(=O)([O-])OCC[N+](C)(C)C)C(/C=C\CCCCCCCCCCC)OC(=O)CCCCCCCCCCCCCCCCCCCCC. The van der Waals surface area contributed by atoms with Crippen LogP contribution < -0.4 is 10.2 Å². The Bertz CT molecular complexity index is 1480. The number of nitrogens with zero attached hydrogens (tertiary/aromatic N) is 1. The topological polar surface area (TPSA) is 114 Å². The number of esters is 1. The smallest absolute Gasteiger partial charge is 0.306 e. The Labute approximate surface area is 504 Å². The van der Waals surface area contributed by atoms with E-state index < -0.39 is 20.0 Å². The number of amides is 1. The normalized spacial score (nSPS) is 13.7. The molecule has 0 saturated heterocycles. The molecule has 10 heteroatoms. The number of carbonyl (C=O) groups is 2. The zero-order valence-electron chi connectivity index (χ0n) is 54.8. The molecule has 0 fully saturated rings. The van der Waals surface area contributed by atoms with Crippen LogP contribution in [0.1, 0.15) is 355 Å². The number of likely N-dealkylation sites (N-methyl/N-ethyl adjacent to an activating group) is 1. The fourth-order valence-corrected chi connectivity index (χ4v) is 11.3. The summed E-state index contributed by atoms with van der Waals surface area (Å²) in [6.07, 6.45) is 75.5. The average molecular weight is 1160 g/mol. The van der Waals surface area contributed by atoms with Crippen LogP contribution in [0.2, 0.25) is 0 Å². The molecule has 81 heavy (non-hydrogen) atoms. The molecule has 0 aromatic carbocycles. The number of ether oxygens (including phenoxy) is 1. The summed E-state index contributed by atoms with van der Waals surface area (Å²) in [6, 6.07) is -0.884. The highest BCUT2D eigenvalue weighted by atomic mass is 31.2. The number of hydrogen-bond acceptors (Lipinski definition) is 7. The molecular weight excluding hydrogens is 1020 g/mol. The number of quaternary nitrogens is 1. The van der Waals surface area contributed by atoms with Gasteiger partial charge < -0.3 is 28.5 Å². The monoisotopic (exact) mass is 1160 g/mol. The highest BCUT2D eigenvalue weighted by Crippen LogP contribution is 2.38. The fourth-order valence-electron chi connectivity index (χ4n) is 10.6. The molecule has 0 aromatic rings. The number of phosphoric acid groups is 1. The van der Waals surface area contributed by atoms with Crippen LogP contribution in [0, 0.1) is 0 Å². The van der Waals surface area contributed by atoms with Gasteiger partial charge in [-0.1, -0.05) is 314 Å². The second kappa shape index (κ2) is 61.3. The summed E-state index contributed by atoms with van der Waals surface area (Å²) in [4.78, 5) is 40.1. The molecule has 0 radical (unpaired) electrons. The summed E-state index contributed by atoms with van der Waals surface area (Å²) in [7, 11) is 1.20. The lowest BCUT2D eigenvalue weighted by molar-refractivity contribution is -0.870. The van der Waals surface area contributed by atoms with E-state index in [4.69, 9.17) is 13.8 Å². The van der Waals surface area contributed by atoms with Crippen molar-refractivity contribution in [3.8, 4) is 0 Å². The van der Waals surface area contributed by atoms with Crippen molar-refractivity contribution in [2.24, 2.45) is 0 Å². The highest BCUT2D eigenvalue weighted by molar-refractivity contribution is 7.45. The zero-order valence-corrected chi connectivity index (χ0v) is 55.7. The number of carbonyl (C=O) groups excluding carboxylic acids is 2. The van der Waals surface area contributed by atoms with Crippen LogP contribution in [0.5, 0.6) is 0 Å². The lowest BCUT2D eigenvalue weighted by Gasteiger charge is -2.30.